The van der Waals surface area contributed by atoms with Gasteiger partial charge in [0.1, 0.15) is 11.3 Å². The van der Waals surface area contributed by atoms with Gasteiger partial charge >= 0.3 is 0 Å². The molecule has 6 heteroatoms. The molecule has 0 fully saturated rings. The number of nitrogens with two attached hydrogens (primary N) is 1. The second-order valence-corrected chi connectivity index (χ2v) is 5.60. The first-order valence-corrected chi connectivity index (χ1v) is 7.35. The van der Waals surface area contributed by atoms with Crippen LogP contribution in [0.1, 0.15) is 32.3 Å². The summed E-state index contributed by atoms with van der Waals surface area (Å²) in [6.07, 6.45) is 0. The number of aryl methyl sites for hydroxylation is 2. The van der Waals surface area contributed by atoms with Gasteiger partial charge in [0.25, 0.3) is 5.91 Å². The molecule has 0 bridgehead atoms. The van der Waals surface area contributed by atoms with Crippen LogP contribution < -0.4 is 5.73 Å². The predicted octanol–water partition coefficient (Wildman–Crippen LogP) is 1.94. The lowest BCUT2D eigenvalue weighted by molar-refractivity contribution is 0.0783. The van der Waals surface area contributed by atoms with E-state index in [0.29, 0.717) is 30.1 Å². The van der Waals surface area contributed by atoms with Crippen molar-refractivity contribution in [3.05, 3.63) is 38.9 Å². The Labute approximate surface area is 127 Å². The molecule has 0 aliphatic carbocycles. The molecular weight excluding hydrogens is 286 g/mol. The van der Waals surface area contributed by atoms with Gasteiger partial charge in [-0.2, -0.15) is 0 Å². The van der Waals surface area contributed by atoms with Crippen molar-refractivity contribution in [1.29, 1.82) is 0 Å². The van der Waals surface area contributed by atoms with Gasteiger partial charge in [0.05, 0.1) is 17.1 Å². The van der Waals surface area contributed by atoms with Crippen molar-refractivity contribution in [3.8, 4) is 11.8 Å². The maximum absolute atomic E-state index is 12.4. The number of hydrogen-bond donors (Lipinski definition) is 1. The van der Waals surface area contributed by atoms with E-state index in [1.54, 1.807) is 37.1 Å². The minimum atomic E-state index is -0.0907. The van der Waals surface area contributed by atoms with Crippen LogP contribution in [0.5, 0.6) is 0 Å². The van der Waals surface area contributed by atoms with E-state index in [2.05, 4.69) is 17.0 Å². The second-order valence-electron chi connectivity index (χ2n) is 4.69. The van der Waals surface area contributed by atoms with Crippen LogP contribution >= 0.6 is 11.3 Å². The van der Waals surface area contributed by atoms with E-state index in [0.717, 1.165) is 10.4 Å². The number of carbonyl (C=O) groups excluding carboxylic acids is 1. The van der Waals surface area contributed by atoms with Crippen LogP contribution in [0.25, 0.3) is 0 Å². The topological polar surface area (TPSA) is 72.4 Å². The molecular formula is C15H17N3O2S. The largest absolute Gasteiger partial charge is 0.361 e. The van der Waals surface area contributed by atoms with Crippen LogP contribution in [0.3, 0.4) is 0 Å². The summed E-state index contributed by atoms with van der Waals surface area (Å²) in [6.45, 7) is 4.37. The molecule has 21 heavy (non-hydrogen) atoms. The molecule has 0 spiro atoms. The molecule has 1 amide bonds. The third kappa shape index (κ3) is 3.51. The monoisotopic (exact) mass is 303 g/mol. The highest BCUT2D eigenvalue weighted by molar-refractivity contribution is 7.10. The molecule has 2 aromatic rings. The first-order valence-electron chi connectivity index (χ1n) is 6.47. The second kappa shape index (κ2) is 6.57. The van der Waals surface area contributed by atoms with Crippen LogP contribution in [-0.2, 0) is 6.54 Å². The maximum Gasteiger partial charge on any atom is 0.259 e. The first-order chi connectivity index (χ1) is 10.0. The van der Waals surface area contributed by atoms with Gasteiger partial charge in [-0.3, -0.25) is 4.79 Å². The van der Waals surface area contributed by atoms with Crippen molar-refractivity contribution in [2.24, 2.45) is 5.73 Å². The first kappa shape index (κ1) is 15.3. The van der Waals surface area contributed by atoms with Gasteiger partial charge in [-0.25, -0.2) is 0 Å². The van der Waals surface area contributed by atoms with Crippen LogP contribution in [0.4, 0.5) is 0 Å². The summed E-state index contributed by atoms with van der Waals surface area (Å²) >= 11 is 1.55. The Balaban J connectivity index is 2.09. The van der Waals surface area contributed by atoms with Crippen LogP contribution in [0.15, 0.2) is 16.0 Å². The molecule has 2 N–H and O–H groups in total. The zero-order valence-corrected chi connectivity index (χ0v) is 13.1. The summed E-state index contributed by atoms with van der Waals surface area (Å²) in [4.78, 5) is 15.0. The third-order valence-corrected chi connectivity index (χ3v) is 3.88. The van der Waals surface area contributed by atoms with E-state index in [4.69, 9.17) is 10.3 Å². The van der Waals surface area contributed by atoms with Crippen molar-refractivity contribution >= 4 is 17.2 Å². The highest BCUT2D eigenvalue weighted by Gasteiger charge is 2.21. The Bertz CT molecular complexity index is 687. The van der Waals surface area contributed by atoms with Crippen molar-refractivity contribution < 1.29 is 9.32 Å². The minimum absolute atomic E-state index is 0.0907. The number of carbonyl (C=O) groups is 1. The highest BCUT2D eigenvalue weighted by Crippen LogP contribution is 2.18. The lowest BCUT2D eigenvalue weighted by atomic mass is 10.1. The van der Waals surface area contributed by atoms with Crippen molar-refractivity contribution in [1.82, 2.24) is 10.1 Å². The van der Waals surface area contributed by atoms with Gasteiger partial charge < -0.3 is 15.2 Å². The normalized spacial score (nSPS) is 10.1. The Morgan fingerprint density at radius 1 is 1.52 bits per heavy atom. The minimum Gasteiger partial charge on any atom is -0.361 e. The van der Waals surface area contributed by atoms with Crippen LogP contribution in [0, 0.1) is 25.7 Å². The standard InChI is InChI=1S/C15H17N3O2S/c1-10-14(11(2)20-17-10)15(19)18(3)8-12-7-13(21-9-12)5-4-6-16/h7,9H,6,8,16H2,1-3H3. The fourth-order valence-electron chi connectivity index (χ4n) is 1.99. The molecule has 0 saturated carbocycles. The number of rotatable bonds is 3. The van der Waals surface area contributed by atoms with Crippen molar-refractivity contribution in [3.63, 3.8) is 0 Å². The quantitative estimate of drug-likeness (QED) is 0.880. The molecule has 0 aliphatic rings. The van der Waals surface area contributed by atoms with Gasteiger partial charge in [-0.05, 0) is 30.9 Å². The molecule has 0 radical (unpaired) electrons. The zero-order valence-electron chi connectivity index (χ0n) is 12.3. The Morgan fingerprint density at radius 2 is 2.29 bits per heavy atom. The lowest BCUT2D eigenvalue weighted by Crippen LogP contribution is -2.26. The summed E-state index contributed by atoms with van der Waals surface area (Å²) in [5.41, 5.74) is 7.55. The molecule has 0 unspecified atom stereocenters. The average Bonchev–Trinajstić information content (AvgIpc) is 3.03. The van der Waals surface area contributed by atoms with Gasteiger partial charge in [-0.15, -0.1) is 11.3 Å². The summed E-state index contributed by atoms with van der Waals surface area (Å²) in [7, 11) is 1.76. The smallest absolute Gasteiger partial charge is 0.259 e. The molecule has 5 nitrogen and oxygen atoms in total. The molecule has 110 valence electrons. The molecule has 0 aromatic carbocycles. The van der Waals surface area contributed by atoms with Gasteiger partial charge in [0.15, 0.2) is 0 Å². The van der Waals surface area contributed by atoms with E-state index in [-0.39, 0.29) is 5.91 Å². The number of nitrogens with zero attached hydrogens (tertiary/aromatic N) is 2. The highest BCUT2D eigenvalue weighted by atomic mass is 32.1. The van der Waals surface area contributed by atoms with E-state index in [1.807, 2.05) is 11.4 Å². The van der Waals surface area contributed by atoms with Gasteiger partial charge in [-0.1, -0.05) is 17.0 Å². The van der Waals surface area contributed by atoms with Crippen LogP contribution in [-0.4, -0.2) is 29.6 Å². The fourth-order valence-corrected chi connectivity index (χ4v) is 2.76. The SMILES string of the molecule is Cc1noc(C)c1C(=O)N(C)Cc1csc(C#CCN)c1. The van der Waals surface area contributed by atoms with E-state index < -0.39 is 0 Å². The van der Waals surface area contributed by atoms with Gasteiger partial charge in [0.2, 0.25) is 0 Å². The molecule has 0 saturated heterocycles. The average molecular weight is 303 g/mol. The van der Waals surface area contributed by atoms with Crippen LogP contribution in [0.2, 0.25) is 0 Å². The van der Waals surface area contributed by atoms with E-state index >= 15 is 0 Å². The summed E-state index contributed by atoms with van der Waals surface area (Å²) in [5, 5.41) is 5.81. The fraction of sp³-hybridized carbons (Fsp3) is 0.333. The molecule has 0 atom stereocenters. The predicted molar refractivity (Wildman–Crippen MR) is 82.0 cm³/mol. The molecule has 0 aliphatic heterocycles. The van der Waals surface area contributed by atoms with Crippen molar-refractivity contribution in [2.45, 2.75) is 20.4 Å². The number of thiophene rings is 1. The maximum atomic E-state index is 12.4. The van der Waals surface area contributed by atoms with Gasteiger partial charge in [0, 0.05) is 13.6 Å². The number of amides is 1. The molecule has 2 rings (SSSR count). The number of aromatic nitrogens is 1. The number of hydrogen-bond acceptors (Lipinski definition) is 5. The molecule has 2 heterocycles. The lowest BCUT2D eigenvalue weighted by Gasteiger charge is -2.16. The Kier molecular flexibility index (Phi) is 4.78. The van der Waals surface area contributed by atoms with Crippen molar-refractivity contribution in [2.75, 3.05) is 13.6 Å². The van der Waals surface area contributed by atoms with E-state index in [9.17, 15) is 4.79 Å². The Hall–Kier alpha value is -2.10. The molecule has 2 aromatic heterocycles. The summed E-state index contributed by atoms with van der Waals surface area (Å²) in [5.74, 6) is 6.26. The zero-order chi connectivity index (χ0) is 15.4. The Morgan fingerprint density at radius 3 is 2.90 bits per heavy atom. The summed E-state index contributed by atoms with van der Waals surface area (Å²) < 4.78 is 5.04. The summed E-state index contributed by atoms with van der Waals surface area (Å²) in [6, 6.07) is 1.98. The third-order valence-electron chi connectivity index (χ3n) is 2.98. The van der Waals surface area contributed by atoms with E-state index in [1.165, 1.54) is 0 Å².